The molecule has 0 aliphatic carbocycles. The zero-order chi connectivity index (χ0) is 25.3. The molecule has 1 aromatic heterocycles. The number of benzene rings is 1. The van der Waals surface area contributed by atoms with E-state index in [0.717, 1.165) is 6.07 Å². The van der Waals surface area contributed by atoms with Gasteiger partial charge in [-0.15, -0.1) is 0 Å². The predicted molar refractivity (Wildman–Crippen MR) is 122 cm³/mol. The van der Waals surface area contributed by atoms with Crippen LogP contribution in [0.2, 0.25) is 5.02 Å². The van der Waals surface area contributed by atoms with E-state index in [1.165, 1.54) is 35.4 Å². The number of nitrogens with zero attached hydrogens (tertiary/aromatic N) is 2. The Morgan fingerprint density at radius 3 is 2.44 bits per heavy atom. The van der Waals surface area contributed by atoms with E-state index < -0.39 is 29.5 Å². The summed E-state index contributed by atoms with van der Waals surface area (Å²) in [5, 5.41) is -0.0397. The van der Waals surface area contributed by atoms with Crippen molar-refractivity contribution < 1.29 is 32.2 Å². The summed E-state index contributed by atoms with van der Waals surface area (Å²) in [6.45, 7) is 10.3. The zero-order valence-electron chi connectivity index (χ0n) is 19.7. The molecule has 10 heteroatoms. The molecule has 1 aromatic carbocycles. The normalized spacial score (nSPS) is 17.1. The van der Waals surface area contributed by atoms with E-state index in [1.54, 1.807) is 0 Å². The van der Waals surface area contributed by atoms with E-state index in [0.29, 0.717) is 5.82 Å². The van der Waals surface area contributed by atoms with Crippen LogP contribution in [0.4, 0.5) is 23.8 Å². The number of pyridine rings is 1. The summed E-state index contributed by atoms with van der Waals surface area (Å²) < 4.78 is 56.6. The molecule has 0 bridgehead atoms. The lowest BCUT2D eigenvalue weighted by atomic mass is 9.79. The fraction of sp³-hybridized carbons (Fsp3) is 0.500. The first-order valence-corrected chi connectivity index (χ1v) is 11.1. The standard InChI is InChI=1S/C24H28ClF3N2O4/c1-22(2,3)23(4,5)33-13-16-12-30(21(31)34-16)20-10-9-15(11-29-20)32-14-17-18(24(26,27)28)7-6-8-19(17)25/h6-11,16H,12-14H2,1-5H3/t16-/m0/s1. The van der Waals surface area contributed by atoms with Gasteiger partial charge < -0.3 is 14.2 Å². The molecule has 3 rings (SSSR count). The van der Waals surface area contributed by atoms with Crippen molar-refractivity contribution in [2.75, 3.05) is 18.1 Å². The largest absolute Gasteiger partial charge is 0.487 e. The number of carbonyl (C=O) groups is 1. The molecule has 2 aromatic rings. The zero-order valence-corrected chi connectivity index (χ0v) is 20.5. The summed E-state index contributed by atoms with van der Waals surface area (Å²) in [5.74, 6) is 0.569. The number of aromatic nitrogens is 1. The number of hydrogen-bond donors (Lipinski definition) is 0. The molecule has 0 radical (unpaired) electrons. The minimum atomic E-state index is -4.55. The molecule has 1 aliphatic rings. The average molecular weight is 501 g/mol. The van der Waals surface area contributed by atoms with Crippen molar-refractivity contribution in [2.45, 2.75) is 59.1 Å². The molecule has 1 aliphatic heterocycles. The number of halogens is 4. The topological polar surface area (TPSA) is 60.9 Å². The molecule has 6 nitrogen and oxygen atoms in total. The lowest BCUT2D eigenvalue weighted by Crippen LogP contribution is -2.41. The average Bonchev–Trinajstić information content (AvgIpc) is 3.11. The summed E-state index contributed by atoms with van der Waals surface area (Å²) in [4.78, 5) is 17.9. The van der Waals surface area contributed by atoms with Crippen LogP contribution in [-0.4, -0.2) is 35.9 Å². The Morgan fingerprint density at radius 1 is 1.15 bits per heavy atom. The Kier molecular flexibility index (Phi) is 7.38. The van der Waals surface area contributed by atoms with E-state index in [9.17, 15) is 18.0 Å². The number of hydrogen-bond acceptors (Lipinski definition) is 5. The van der Waals surface area contributed by atoms with Gasteiger partial charge >= 0.3 is 12.3 Å². The molecule has 34 heavy (non-hydrogen) atoms. The third-order valence-corrected chi connectivity index (χ3v) is 6.47. The molecule has 0 N–H and O–H groups in total. The number of cyclic esters (lactones) is 1. The van der Waals surface area contributed by atoms with Crippen LogP contribution in [0.1, 0.15) is 45.7 Å². The van der Waals surface area contributed by atoms with E-state index in [2.05, 4.69) is 25.8 Å². The van der Waals surface area contributed by atoms with Gasteiger partial charge in [0.2, 0.25) is 0 Å². The number of carbonyl (C=O) groups excluding carboxylic acids is 1. The van der Waals surface area contributed by atoms with Gasteiger partial charge in [0, 0.05) is 10.6 Å². The molecule has 2 heterocycles. The smallest absolute Gasteiger partial charge is 0.416 e. The lowest BCUT2D eigenvalue weighted by molar-refractivity contribution is -0.138. The second-order valence-electron chi connectivity index (χ2n) is 9.59. The van der Waals surface area contributed by atoms with Crippen molar-refractivity contribution in [3.8, 4) is 5.75 Å². The highest BCUT2D eigenvalue weighted by Crippen LogP contribution is 2.36. The maximum absolute atomic E-state index is 13.2. The van der Waals surface area contributed by atoms with Crippen molar-refractivity contribution in [2.24, 2.45) is 5.41 Å². The molecule has 1 fully saturated rings. The minimum absolute atomic E-state index is 0.0397. The van der Waals surface area contributed by atoms with Gasteiger partial charge in [0.15, 0.2) is 0 Å². The third kappa shape index (κ3) is 5.93. The van der Waals surface area contributed by atoms with Crippen molar-refractivity contribution >= 4 is 23.5 Å². The first kappa shape index (κ1) is 26.1. The summed E-state index contributed by atoms with van der Waals surface area (Å²) >= 11 is 5.96. The van der Waals surface area contributed by atoms with Crippen LogP contribution in [0.5, 0.6) is 5.75 Å². The van der Waals surface area contributed by atoms with Crippen LogP contribution in [0.15, 0.2) is 36.5 Å². The molecule has 0 saturated carbocycles. The maximum atomic E-state index is 13.2. The van der Waals surface area contributed by atoms with Crippen molar-refractivity contribution in [1.82, 2.24) is 4.98 Å². The highest BCUT2D eigenvalue weighted by atomic mass is 35.5. The molecular formula is C24H28ClF3N2O4. The second kappa shape index (κ2) is 9.62. The van der Waals surface area contributed by atoms with E-state index in [1.807, 2.05) is 13.8 Å². The minimum Gasteiger partial charge on any atom is -0.487 e. The third-order valence-electron chi connectivity index (χ3n) is 6.12. The van der Waals surface area contributed by atoms with Crippen LogP contribution in [0.25, 0.3) is 0 Å². The molecule has 1 saturated heterocycles. The van der Waals surface area contributed by atoms with Crippen LogP contribution < -0.4 is 9.64 Å². The first-order chi connectivity index (χ1) is 15.7. The number of anilines is 1. The molecular weight excluding hydrogens is 473 g/mol. The summed E-state index contributed by atoms with van der Waals surface area (Å²) in [7, 11) is 0. The van der Waals surface area contributed by atoms with E-state index >= 15 is 0 Å². The fourth-order valence-corrected chi connectivity index (χ4v) is 3.29. The quantitative estimate of drug-likeness (QED) is 0.434. The van der Waals surface area contributed by atoms with Gasteiger partial charge in [-0.2, -0.15) is 13.2 Å². The van der Waals surface area contributed by atoms with Crippen LogP contribution >= 0.6 is 11.6 Å². The lowest BCUT2D eigenvalue weighted by Gasteiger charge is -2.39. The van der Waals surface area contributed by atoms with Gasteiger partial charge in [0.25, 0.3) is 0 Å². The van der Waals surface area contributed by atoms with Gasteiger partial charge in [-0.05, 0) is 43.5 Å². The Morgan fingerprint density at radius 2 is 1.85 bits per heavy atom. The number of ether oxygens (including phenoxy) is 3. The van der Waals surface area contributed by atoms with Crippen molar-refractivity contribution in [3.63, 3.8) is 0 Å². The van der Waals surface area contributed by atoms with Gasteiger partial charge in [-0.3, -0.25) is 4.90 Å². The fourth-order valence-electron chi connectivity index (χ4n) is 3.06. The molecule has 1 amide bonds. The molecule has 1 atom stereocenters. The van der Waals surface area contributed by atoms with Crippen LogP contribution in [0, 0.1) is 5.41 Å². The van der Waals surface area contributed by atoms with E-state index in [4.69, 9.17) is 25.8 Å². The van der Waals surface area contributed by atoms with Gasteiger partial charge in [-0.1, -0.05) is 38.4 Å². The Balaban J connectivity index is 1.62. The molecule has 0 unspecified atom stereocenters. The molecule has 0 spiro atoms. The Labute approximate surface area is 202 Å². The summed E-state index contributed by atoms with van der Waals surface area (Å²) in [6.07, 6.45) is -4.22. The first-order valence-electron chi connectivity index (χ1n) is 10.7. The number of alkyl halides is 3. The second-order valence-corrected chi connectivity index (χ2v) is 10.00. The monoisotopic (exact) mass is 500 g/mol. The highest BCUT2D eigenvalue weighted by molar-refractivity contribution is 6.31. The van der Waals surface area contributed by atoms with Gasteiger partial charge in [0.1, 0.15) is 24.3 Å². The SMILES string of the molecule is CC(C)(C)C(C)(C)OC[C@@H]1CN(c2ccc(OCc3c(Cl)cccc3C(F)(F)F)cn2)C(=O)O1. The summed E-state index contributed by atoms with van der Waals surface area (Å²) in [5.41, 5.74) is -1.54. The Hall–Kier alpha value is -2.52. The summed E-state index contributed by atoms with van der Waals surface area (Å²) in [6, 6.07) is 6.62. The van der Waals surface area contributed by atoms with Crippen molar-refractivity contribution in [3.05, 3.63) is 52.7 Å². The number of rotatable bonds is 7. The number of amides is 1. The van der Waals surface area contributed by atoms with Crippen molar-refractivity contribution in [1.29, 1.82) is 0 Å². The Bertz CT molecular complexity index is 1020. The van der Waals surface area contributed by atoms with Crippen LogP contribution in [-0.2, 0) is 22.3 Å². The van der Waals surface area contributed by atoms with E-state index in [-0.39, 0.29) is 41.5 Å². The van der Waals surface area contributed by atoms with Gasteiger partial charge in [0.05, 0.1) is 30.5 Å². The van der Waals surface area contributed by atoms with Crippen LogP contribution in [0.3, 0.4) is 0 Å². The maximum Gasteiger partial charge on any atom is 0.416 e. The molecule has 186 valence electrons. The predicted octanol–water partition coefficient (Wildman–Crippen LogP) is 6.50. The highest BCUT2D eigenvalue weighted by Gasteiger charge is 2.38. The van der Waals surface area contributed by atoms with Gasteiger partial charge in [-0.25, -0.2) is 9.78 Å².